The molecular weight excluding hydrogens is 402 g/mol. The van der Waals surface area contributed by atoms with Crippen LogP contribution in [-0.4, -0.2) is 60.3 Å². The number of amides is 1. The van der Waals surface area contributed by atoms with Crippen molar-refractivity contribution < 1.29 is 14.3 Å². The van der Waals surface area contributed by atoms with Crippen LogP contribution >= 0.6 is 11.8 Å². The van der Waals surface area contributed by atoms with Crippen molar-refractivity contribution in [2.24, 2.45) is 0 Å². The molecule has 1 saturated heterocycles. The van der Waals surface area contributed by atoms with Crippen molar-refractivity contribution >= 4 is 23.6 Å². The van der Waals surface area contributed by atoms with Crippen molar-refractivity contribution in [1.82, 2.24) is 20.1 Å². The first kappa shape index (κ1) is 20.8. The maximum atomic E-state index is 12.3. The number of ether oxygens (including phenoxy) is 2. The van der Waals surface area contributed by atoms with E-state index in [0.717, 1.165) is 36.2 Å². The summed E-state index contributed by atoms with van der Waals surface area (Å²) in [5.74, 6) is 2.73. The van der Waals surface area contributed by atoms with Gasteiger partial charge in [-0.15, -0.1) is 10.2 Å². The second-order valence-electron chi connectivity index (χ2n) is 7.66. The number of hydrogen-bond donors (Lipinski definition) is 1. The van der Waals surface area contributed by atoms with Gasteiger partial charge in [-0.3, -0.25) is 9.36 Å². The number of hydrogen-bond acceptors (Lipinski definition) is 7. The van der Waals surface area contributed by atoms with Gasteiger partial charge in [-0.05, 0) is 49.8 Å². The Hall–Kier alpha value is -2.42. The predicted molar refractivity (Wildman–Crippen MR) is 117 cm³/mol. The summed E-state index contributed by atoms with van der Waals surface area (Å²) in [6, 6.07) is 6.30. The zero-order valence-electron chi connectivity index (χ0n) is 17.6. The average molecular weight is 432 g/mol. The number of aromatic nitrogens is 3. The first-order valence-corrected chi connectivity index (χ1v) is 11.5. The number of methoxy groups -OCH3 is 2. The molecule has 0 radical (unpaired) electrons. The van der Waals surface area contributed by atoms with Crippen molar-refractivity contribution in [3.05, 3.63) is 23.8 Å². The third kappa shape index (κ3) is 4.83. The lowest BCUT2D eigenvalue weighted by atomic mass is 10.1. The molecule has 30 heavy (non-hydrogen) atoms. The number of carbonyl (C=O) groups is 1. The minimum absolute atomic E-state index is 0.00791. The summed E-state index contributed by atoms with van der Waals surface area (Å²) >= 11 is 1.47. The first-order valence-electron chi connectivity index (χ1n) is 10.5. The molecule has 8 nitrogen and oxygen atoms in total. The molecule has 2 aromatic rings. The predicted octanol–water partition coefficient (Wildman–Crippen LogP) is 2.68. The molecule has 1 aromatic carbocycles. The van der Waals surface area contributed by atoms with Crippen LogP contribution in [0.25, 0.3) is 0 Å². The summed E-state index contributed by atoms with van der Waals surface area (Å²) < 4.78 is 12.8. The number of nitrogens with zero attached hydrogens (tertiary/aromatic N) is 4. The van der Waals surface area contributed by atoms with Gasteiger partial charge < -0.3 is 19.7 Å². The summed E-state index contributed by atoms with van der Waals surface area (Å²) in [4.78, 5) is 14.7. The molecule has 0 unspecified atom stereocenters. The Morgan fingerprint density at radius 1 is 1.17 bits per heavy atom. The van der Waals surface area contributed by atoms with Crippen molar-refractivity contribution in [3.8, 4) is 11.5 Å². The molecule has 4 rings (SSSR count). The summed E-state index contributed by atoms with van der Waals surface area (Å²) in [7, 11) is 3.24. The number of benzene rings is 1. The Balaban J connectivity index is 1.27. The van der Waals surface area contributed by atoms with Gasteiger partial charge in [-0.1, -0.05) is 17.8 Å². The molecule has 2 fully saturated rings. The normalized spacial score (nSPS) is 16.0. The van der Waals surface area contributed by atoms with E-state index >= 15 is 0 Å². The van der Waals surface area contributed by atoms with Gasteiger partial charge in [-0.2, -0.15) is 0 Å². The topological polar surface area (TPSA) is 81.5 Å². The minimum atomic E-state index is 0.00791. The van der Waals surface area contributed by atoms with Crippen LogP contribution in [-0.2, 0) is 11.2 Å². The van der Waals surface area contributed by atoms with Gasteiger partial charge in [0.25, 0.3) is 0 Å². The number of thioether (sulfide) groups is 1. The van der Waals surface area contributed by atoms with Crippen LogP contribution in [0, 0.1) is 0 Å². The summed E-state index contributed by atoms with van der Waals surface area (Å²) in [5.41, 5.74) is 1.09. The Labute approximate surface area is 181 Å². The quantitative estimate of drug-likeness (QED) is 0.579. The van der Waals surface area contributed by atoms with E-state index in [-0.39, 0.29) is 5.91 Å². The van der Waals surface area contributed by atoms with Crippen molar-refractivity contribution in [2.75, 3.05) is 44.5 Å². The molecule has 1 aliphatic carbocycles. The van der Waals surface area contributed by atoms with Gasteiger partial charge in [0.1, 0.15) is 0 Å². The van der Waals surface area contributed by atoms with Crippen LogP contribution in [0.5, 0.6) is 11.5 Å². The fourth-order valence-electron chi connectivity index (χ4n) is 3.72. The second-order valence-corrected chi connectivity index (χ2v) is 8.60. The highest BCUT2D eigenvalue weighted by Crippen LogP contribution is 2.41. The van der Waals surface area contributed by atoms with Gasteiger partial charge in [-0.25, -0.2) is 0 Å². The van der Waals surface area contributed by atoms with E-state index in [0.29, 0.717) is 29.8 Å². The van der Waals surface area contributed by atoms with E-state index in [2.05, 4.69) is 25.0 Å². The molecule has 0 bridgehead atoms. The Bertz CT molecular complexity index is 878. The number of carbonyl (C=O) groups excluding carboxylic acids is 1. The highest BCUT2D eigenvalue weighted by molar-refractivity contribution is 7.99. The molecule has 1 aromatic heterocycles. The largest absolute Gasteiger partial charge is 0.493 e. The Morgan fingerprint density at radius 2 is 1.93 bits per heavy atom. The smallest absolute Gasteiger partial charge is 0.230 e. The van der Waals surface area contributed by atoms with E-state index in [1.807, 2.05) is 18.2 Å². The van der Waals surface area contributed by atoms with Crippen LogP contribution in [0.1, 0.15) is 37.3 Å². The van der Waals surface area contributed by atoms with Crippen LogP contribution < -0.4 is 19.7 Å². The minimum Gasteiger partial charge on any atom is -0.493 e. The van der Waals surface area contributed by atoms with E-state index in [1.54, 1.807) is 14.2 Å². The van der Waals surface area contributed by atoms with Crippen molar-refractivity contribution in [3.63, 3.8) is 0 Å². The Morgan fingerprint density at radius 3 is 2.63 bits per heavy atom. The van der Waals surface area contributed by atoms with Gasteiger partial charge in [0, 0.05) is 25.7 Å². The standard InChI is InChI=1S/C21H29N5O3S/c1-28-17-8-5-15(13-18(17)29-2)9-10-22-19(27)14-30-21-24-23-20(25-11-3-4-12-25)26(21)16-6-7-16/h5,8,13,16H,3-4,6-7,9-12,14H2,1-2H3,(H,22,27). The van der Waals surface area contributed by atoms with Crippen LogP contribution in [0.15, 0.2) is 23.4 Å². The molecule has 1 N–H and O–H groups in total. The summed E-state index contributed by atoms with van der Waals surface area (Å²) in [5, 5.41) is 12.7. The van der Waals surface area contributed by atoms with Crippen molar-refractivity contribution in [2.45, 2.75) is 43.3 Å². The summed E-state index contributed by atoms with van der Waals surface area (Å²) in [6.45, 7) is 2.67. The average Bonchev–Trinajstić information content (AvgIpc) is 3.28. The molecule has 9 heteroatoms. The zero-order chi connectivity index (χ0) is 20.9. The molecular formula is C21H29N5O3S. The van der Waals surface area contributed by atoms with Crippen LogP contribution in [0.3, 0.4) is 0 Å². The molecule has 1 aliphatic heterocycles. The molecule has 0 spiro atoms. The first-order chi connectivity index (χ1) is 14.7. The molecule has 162 valence electrons. The van der Waals surface area contributed by atoms with E-state index in [9.17, 15) is 4.79 Å². The van der Waals surface area contributed by atoms with E-state index in [4.69, 9.17) is 9.47 Å². The second kappa shape index (κ2) is 9.59. The fraction of sp³-hybridized carbons (Fsp3) is 0.571. The lowest BCUT2D eigenvalue weighted by Gasteiger charge is -2.17. The number of nitrogens with one attached hydrogen (secondary N) is 1. The van der Waals surface area contributed by atoms with Crippen LogP contribution in [0.2, 0.25) is 0 Å². The maximum absolute atomic E-state index is 12.3. The fourth-order valence-corrected chi connectivity index (χ4v) is 4.55. The molecule has 0 atom stereocenters. The van der Waals surface area contributed by atoms with Crippen molar-refractivity contribution in [1.29, 1.82) is 0 Å². The van der Waals surface area contributed by atoms with Gasteiger partial charge in [0.05, 0.1) is 20.0 Å². The molecule has 2 heterocycles. The third-order valence-electron chi connectivity index (χ3n) is 5.46. The molecule has 2 aliphatic rings. The van der Waals surface area contributed by atoms with E-state index < -0.39 is 0 Å². The number of anilines is 1. The summed E-state index contributed by atoms with van der Waals surface area (Å²) in [6.07, 6.45) is 5.49. The lowest BCUT2D eigenvalue weighted by Crippen LogP contribution is -2.27. The molecule has 1 saturated carbocycles. The van der Waals surface area contributed by atoms with E-state index in [1.165, 1.54) is 37.4 Å². The third-order valence-corrected chi connectivity index (χ3v) is 6.41. The highest BCUT2D eigenvalue weighted by atomic mass is 32.2. The molecule has 1 amide bonds. The Kier molecular flexibility index (Phi) is 6.66. The highest BCUT2D eigenvalue weighted by Gasteiger charge is 2.32. The SMILES string of the molecule is COc1ccc(CCNC(=O)CSc2nnc(N3CCCC3)n2C2CC2)cc1OC. The van der Waals surface area contributed by atoms with Gasteiger partial charge in [0.15, 0.2) is 16.7 Å². The lowest BCUT2D eigenvalue weighted by molar-refractivity contribution is -0.118. The zero-order valence-corrected chi connectivity index (χ0v) is 18.4. The monoisotopic (exact) mass is 431 g/mol. The van der Waals surface area contributed by atoms with Crippen LogP contribution in [0.4, 0.5) is 5.95 Å². The number of rotatable bonds is 10. The maximum Gasteiger partial charge on any atom is 0.230 e. The van der Waals surface area contributed by atoms with Gasteiger partial charge in [0.2, 0.25) is 11.9 Å². The van der Waals surface area contributed by atoms with Gasteiger partial charge >= 0.3 is 0 Å².